The Labute approximate surface area is 120 Å². The number of nitrogens with one attached hydrogen (secondary N) is 1. The minimum absolute atomic E-state index is 0.00586. The van der Waals surface area contributed by atoms with Crippen LogP contribution in [-0.4, -0.2) is 17.4 Å². The summed E-state index contributed by atoms with van der Waals surface area (Å²) >= 11 is 0. The van der Waals surface area contributed by atoms with E-state index in [9.17, 15) is 4.79 Å². The van der Waals surface area contributed by atoms with Gasteiger partial charge in [-0.15, -0.1) is 0 Å². The van der Waals surface area contributed by atoms with Crippen molar-refractivity contribution in [3.05, 3.63) is 54.2 Å². The lowest BCUT2D eigenvalue weighted by Gasteiger charge is -2.06. The van der Waals surface area contributed by atoms with Gasteiger partial charge in [0.15, 0.2) is 0 Å². The number of rotatable bonds is 6. The predicted molar refractivity (Wildman–Crippen MR) is 81.5 cm³/mol. The largest absolute Gasteiger partial charge is 0.352 e. The summed E-state index contributed by atoms with van der Waals surface area (Å²) in [5.74, 6) is -0.00586. The van der Waals surface area contributed by atoms with E-state index in [4.69, 9.17) is 0 Å². The second kappa shape index (κ2) is 7.43. The van der Waals surface area contributed by atoms with Crippen LogP contribution in [-0.2, 0) is 0 Å². The first-order valence-electron chi connectivity index (χ1n) is 7.11. The van der Waals surface area contributed by atoms with E-state index in [1.807, 2.05) is 42.5 Å². The SMILES string of the molecule is CCCCCNC(=O)c1ccc(-c2ccccn2)cc1. The molecule has 0 unspecified atom stereocenters. The van der Waals surface area contributed by atoms with Gasteiger partial charge in [0.1, 0.15) is 0 Å². The lowest BCUT2D eigenvalue weighted by molar-refractivity contribution is 0.0953. The van der Waals surface area contributed by atoms with Crippen molar-refractivity contribution in [2.75, 3.05) is 6.54 Å². The van der Waals surface area contributed by atoms with E-state index in [-0.39, 0.29) is 5.91 Å². The van der Waals surface area contributed by atoms with Crippen LogP contribution >= 0.6 is 0 Å². The van der Waals surface area contributed by atoms with Crippen molar-refractivity contribution in [3.63, 3.8) is 0 Å². The van der Waals surface area contributed by atoms with Crippen LogP contribution in [0.2, 0.25) is 0 Å². The van der Waals surface area contributed by atoms with Gasteiger partial charge in [0.05, 0.1) is 5.69 Å². The smallest absolute Gasteiger partial charge is 0.251 e. The van der Waals surface area contributed by atoms with Crippen LogP contribution in [0.25, 0.3) is 11.3 Å². The lowest BCUT2D eigenvalue weighted by Crippen LogP contribution is -2.24. The molecule has 0 spiro atoms. The number of hydrogen-bond donors (Lipinski definition) is 1. The van der Waals surface area contributed by atoms with Gasteiger partial charge in [0, 0.05) is 23.9 Å². The van der Waals surface area contributed by atoms with E-state index in [0.717, 1.165) is 37.1 Å². The number of unbranched alkanes of at least 4 members (excludes halogenated alkanes) is 2. The average Bonchev–Trinajstić information content (AvgIpc) is 2.52. The fraction of sp³-hybridized carbons (Fsp3) is 0.294. The van der Waals surface area contributed by atoms with Crippen molar-refractivity contribution >= 4 is 5.91 Å². The molecule has 0 aliphatic heterocycles. The molecule has 3 nitrogen and oxygen atoms in total. The second-order valence-electron chi connectivity index (χ2n) is 4.76. The van der Waals surface area contributed by atoms with Crippen LogP contribution in [0.4, 0.5) is 0 Å². The average molecular weight is 268 g/mol. The van der Waals surface area contributed by atoms with Gasteiger partial charge in [0.25, 0.3) is 5.91 Å². The minimum atomic E-state index is -0.00586. The maximum Gasteiger partial charge on any atom is 0.251 e. The van der Waals surface area contributed by atoms with Crippen LogP contribution in [0.1, 0.15) is 36.5 Å². The van der Waals surface area contributed by atoms with Gasteiger partial charge in [-0.05, 0) is 30.7 Å². The number of nitrogens with zero attached hydrogens (tertiary/aromatic N) is 1. The number of carbonyl (C=O) groups is 1. The molecule has 1 N–H and O–H groups in total. The van der Waals surface area contributed by atoms with Crippen LogP contribution in [0, 0.1) is 0 Å². The van der Waals surface area contributed by atoms with Crippen LogP contribution in [0.3, 0.4) is 0 Å². The molecule has 0 aliphatic rings. The van der Waals surface area contributed by atoms with Crippen molar-refractivity contribution in [2.24, 2.45) is 0 Å². The third kappa shape index (κ3) is 3.92. The van der Waals surface area contributed by atoms with Gasteiger partial charge in [-0.25, -0.2) is 0 Å². The monoisotopic (exact) mass is 268 g/mol. The number of carbonyl (C=O) groups excluding carboxylic acids is 1. The quantitative estimate of drug-likeness (QED) is 0.812. The Bertz CT molecular complexity index is 535. The van der Waals surface area contributed by atoms with E-state index >= 15 is 0 Å². The first kappa shape index (κ1) is 14.3. The standard InChI is InChI=1S/C17H20N2O/c1-2-3-5-13-19-17(20)15-10-8-14(9-11-15)16-7-4-6-12-18-16/h4,6-12H,2-3,5,13H2,1H3,(H,19,20). The summed E-state index contributed by atoms with van der Waals surface area (Å²) in [6.07, 6.45) is 5.12. The maximum atomic E-state index is 11.9. The topological polar surface area (TPSA) is 42.0 Å². The zero-order valence-corrected chi connectivity index (χ0v) is 11.8. The van der Waals surface area contributed by atoms with E-state index in [1.54, 1.807) is 6.20 Å². The highest BCUT2D eigenvalue weighted by molar-refractivity contribution is 5.94. The van der Waals surface area contributed by atoms with Crippen LogP contribution < -0.4 is 5.32 Å². The summed E-state index contributed by atoms with van der Waals surface area (Å²) in [5.41, 5.74) is 2.64. The molecule has 0 bridgehead atoms. The zero-order chi connectivity index (χ0) is 14.2. The fourth-order valence-corrected chi connectivity index (χ4v) is 2.00. The molecule has 3 heteroatoms. The number of amides is 1. The number of hydrogen-bond acceptors (Lipinski definition) is 2. The molecule has 1 aromatic heterocycles. The van der Waals surface area contributed by atoms with Gasteiger partial charge in [0.2, 0.25) is 0 Å². The summed E-state index contributed by atoms with van der Waals surface area (Å²) < 4.78 is 0. The van der Waals surface area contributed by atoms with Crippen molar-refractivity contribution in [1.29, 1.82) is 0 Å². The predicted octanol–water partition coefficient (Wildman–Crippen LogP) is 3.67. The summed E-state index contributed by atoms with van der Waals surface area (Å²) in [5, 5.41) is 2.94. The number of aromatic nitrogens is 1. The van der Waals surface area contributed by atoms with Crippen LogP contribution in [0.5, 0.6) is 0 Å². The molecule has 0 saturated heterocycles. The van der Waals surface area contributed by atoms with Gasteiger partial charge in [-0.3, -0.25) is 9.78 Å². The third-order valence-corrected chi connectivity index (χ3v) is 3.17. The summed E-state index contributed by atoms with van der Waals surface area (Å²) in [6.45, 7) is 2.90. The molecule has 20 heavy (non-hydrogen) atoms. The molecule has 1 heterocycles. The van der Waals surface area contributed by atoms with Gasteiger partial charge in [-0.1, -0.05) is 38.0 Å². The Morgan fingerprint density at radius 1 is 1.10 bits per heavy atom. The van der Waals surface area contributed by atoms with E-state index in [0.29, 0.717) is 5.56 Å². The molecule has 104 valence electrons. The molecule has 1 amide bonds. The molecule has 0 fully saturated rings. The number of benzene rings is 1. The Balaban J connectivity index is 1.96. The number of pyridine rings is 1. The van der Waals surface area contributed by atoms with E-state index < -0.39 is 0 Å². The fourth-order valence-electron chi connectivity index (χ4n) is 2.00. The zero-order valence-electron chi connectivity index (χ0n) is 11.8. The van der Waals surface area contributed by atoms with E-state index in [1.165, 1.54) is 0 Å². The molecular weight excluding hydrogens is 248 g/mol. The molecular formula is C17H20N2O. The summed E-state index contributed by atoms with van der Waals surface area (Å²) in [7, 11) is 0. The highest BCUT2D eigenvalue weighted by atomic mass is 16.1. The van der Waals surface area contributed by atoms with Crippen molar-refractivity contribution in [1.82, 2.24) is 10.3 Å². The molecule has 1 aromatic carbocycles. The molecule has 0 atom stereocenters. The lowest BCUT2D eigenvalue weighted by atomic mass is 10.1. The Morgan fingerprint density at radius 3 is 2.55 bits per heavy atom. The van der Waals surface area contributed by atoms with Gasteiger partial charge >= 0.3 is 0 Å². The summed E-state index contributed by atoms with van der Waals surface area (Å²) in [6, 6.07) is 13.4. The van der Waals surface area contributed by atoms with Gasteiger partial charge < -0.3 is 5.32 Å². The van der Waals surface area contributed by atoms with Gasteiger partial charge in [-0.2, -0.15) is 0 Å². The minimum Gasteiger partial charge on any atom is -0.352 e. The molecule has 0 aliphatic carbocycles. The van der Waals surface area contributed by atoms with Crippen LogP contribution in [0.15, 0.2) is 48.7 Å². The summed E-state index contributed by atoms with van der Waals surface area (Å²) in [4.78, 5) is 16.2. The Morgan fingerprint density at radius 2 is 1.90 bits per heavy atom. The van der Waals surface area contributed by atoms with Crippen molar-refractivity contribution in [2.45, 2.75) is 26.2 Å². The molecule has 2 rings (SSSR count). The molecule has 0 saturated carbocycles. The highest BCUT2D eigenvalue weighted by Gasteiger charge is 2.05. The van der Waals surface area contributed by atoms with E-state index in [2.05, 4.69) is 17.2 Å². The second-order valence-corrected chi connectivity index (χ2v) is 4.76. The van der Waals surface area contributed by atoms with Crippen molar-refractivity contribution < 1.29 is 4.79 Å². The first-order valence-corrected chi connectivity index (χ1v) is 7.11. The normalized spacial score (nSPS) is 10.2. The highest BCUT2D eigenvalue weighted by Crippen LogP contribution is 2.16. The third-order valence-electron chi connectivity index (χ3n) is 3.17. The first-order chi connectivity index (χ1) is 9.81. The molecule has 0 radical (unpaired) electrons. The maximum absolute atomic E-state index is 11.9. The Hall–Kier alpha value is -2.16. The molecule has 2 aromatic rings. The Kier molecular flexibility index (Phi) is 5.30. The van der Waals surface area contributed by atoms with Crippen molar-refractivity contribution in [3.8, 4) is 11.3 Å².